The minimum Gasteiger partial charge on any atom is -0.435 e. The van der Waals surface area contributed by atoms with Gasteiger partial charge < -0.3 is 10.5 Å². The molecule has 0 aliphatic carbocycles. The fourth-order valence-corrected chi connectivity index (χ4v) is 2.15. The molecule has 5 heteroatoms. The van der Waals surface area contributed by atoms with Crippen LogP contribution in [0.3, 0.4) is 0 Å². The lowest BCUT2D eigenvalue weighted by atomic mass is 10.1. The molecule has 20 heavy (non-hydrogen) atoms. The molecule has 0 bridgehead atoms. The summed E-state index contributed by atoms with van der Waals surface area (Å²) in [5, 5.41) is 10.6. The molecule has 0 spiro atoms. The molecule has 0 amide bonds. The van der Waals surface area contributed by atoms with Gasteiger partial charge >= 0.3 is 0 Å². The molecule has 0 saturated heterocycles. The second kappa shape index (κ2) is 4.98. The van der Waals surface area contributed by atoms with Gasteiger partial charge in [0.25, 0.3) is 0 Å². The molecule has 4 nitrogen and oxygen atoms in total. The Morgan fingerprint density at radius 3 is 2.60 bits per heavy atom. The van der Waals surface area contributed by atoms with E-state index in [1.165, 1.54) is 0 Å². The molecular formula is C15H12ClN3O. The van der Waals surface area contributed by atoms with Crippen molar-refractivity contribution < 1.29 is 4.74 Å². The first kappa shape index (κ1) is 12.7. The normalized spacial score (nSPS) is 10.7. The van der Waals surface area contributed by atoms with Crippen LogP contribution in [0.1, 0.15) is 5.69 Å². The maximum absolute atomic E-state index is 5.95. The van der Waals surface area contributed by atoms with Gasteiger partial charge in [-0.2, -0.15) is 5.10 Å². The number of benzene rings is 2. The molecular weight excluding hydrogens is 274 g/mol. The SMILES string of the molecule is Cc1nnc(Oc2cc(Cl)ccc2N)c2ccccc12. The summed E-state index contributed by atoms with van der Waals surface area (Å²) in [6, 6.07) is 12.9. The predicted molar refractivity (Wildman–Crippen MR) is 80.2 cm³/mol. The van der Waals surface area contributed by atoms with Crippen molar-refractivity contribution in [2.45, 2.75) is 6.92 Å². The van der Waals surface area contributed by atoms with Crippen LogP contribution < -0.4 is 10.5 Å². The van der Waals surface area contributed by atoms with Crippen LogP contribution in [0.4, 0.5) is 5.69 Å². The van der Waals surface area contributed by atoms with E-state index in [1.807, 2.05) is 31.2 Å². The highest BCUT2D eigenvalue weighted by Gasteiger charge is 2.10. The van der Waals surface area contributed by atoms with E-state index in [4.69, 9.17) is 22.1 Å². The third-order valence-corrected chi connectivity index (χ3v) is 3.26. The molecule has 0 unspecified atom stereocenters. The Labute approximate surface area is 121 Å². The van der Waals surface area contributed by atoms with Gasteiger partial charge in [-0.1, -0.05) is 29.8 Å². The maximum atomic E-state index is 5.95. The fraction of sp³-hybridized carbons (Fsp3) is 0.0667. The third kappa shape index (κ3) is 2.26. The predicted octanol–water partition coefficient (Wildman–Crippen LogP) is 3.97. The quantitative estimate of drug-likeness (QED) is 0.724. The van der Waals surface area contributed by atoms with Gasteiger partial charge in [-0.15, -0.1) is 5.10 Å². The summed E-state index contributed by atoms with van der Waals surface area (Å²) >= 11 is 5.95. The number of nitrogens with two attached hydrogens (primary N) is 1. The van der Waals surface area contributed by atoms with E-state index in [1.54, 1.807) is 18.2 Å². The van der Waals surface area contributed by atoms with E-state index < -0.39 is 0 Å². The average molecular weight is 286 g/mol. The maximum Gasteiger partial charge on any atom is 0.246 e. The highest BCUT2D eigenvalue weighted by Crippen LogP contribution is 2.32. The third-order valence-electron chi connectivity index (χ3n) is 3.02. The average Bonchev–Trinajstić information content (AvgIpc) is 2.46. The number of nitrogens with zero attached hydrogens (tertiary/aromatic N) is 2. The number of aryl methyl sites for hydroxylation is 1. The Kier molecular flexibility index (Phi) is 3.16. The molecule has 0 atom stereocenters. The molecule has 3 rings (SSSR count). The summed E-state index contributed by atoms with van der Waals surface area (Å²) in [4.78, 5) is 0. The van der Waals surface area contributed by atoms with E-state index in [2.05, 4.69) is 10.2 Å². The number of hydrogen-bond donors (Lipinski definition) is 1. The zero-order chi connectivity index (χ0) is 14.1. The van der Waals surface area contributed by atoms with Gasteiger partial charge in [0.1, 0.15) is 0 Å². The van der Waals surface area contributed by atoms with E-state index in [0.717, 1.165) is 16.5 Å². The lowest BCUT2D eigenvalue weighted by Crippen LogP contribution is -1.97. The zero-order valence-corrected chi connectivity index (χ0v) is 11.6. The second-order valence-corrected chi connectivity index (χ2v) is 4.86. The van der Waals surface area contributed by atoms with Crippen molar-refractivity contribution in [3.05, 3.63) is 53.2 Å². The Morgan fingerprint density at radius 2 is 1.80 bits per heavy atom. The van der Waals surface area contributed by atoms with Crippen LogP contribution in [0.2, 0.25) is 5.02 Å². The summed E-state index contributed by atoms with van der Waals surface area (Å²) < 4.78 is 5.78. The van der Waals surface area contributed by atoms with E-state index in [-0.39, 0.29) is 0 Å². The van der Waals surface area contributed by atoms with Crippen molar-refractivity contribution in [3.63, 3.8) is 0 Å². The summed E-state index contributed by atoms with van der Waals surface area (Å²) in [6.45, 7) is 1.91. The largest absolute Gasteiger partial charge is 0.435 e. The van der Waals surface area contributed by atoms with Gasteiger partial charge in [-0.25, -0.2) is 0 Å². The van der Waals surface area contributed by atoms with E-state index in [0.29, 0.717) is 22.3 Å². The smallest absolute Gasteiger partial charge is 0.246 e. The van der Waals surface area contributed by atoms with Crippen molar-refractivity contribution in [2.75, 3.05) is 5.73 Å². The first-order valence-corrected chi connectivity index (χ1v) is 6.48. The van der Waals surface area contributed by atoms with Gasteiger partial charge in [0.2, 0.25) is 5.88 Å². The summed E-state index contributed by atoms with van der Waals surface area (Å²) in [6.07, 6.45) is 0. The van der Waals surface area contributed by atoms with Gasteiger partial charge in [0, 0.05) is 21.9 Å². The molecule has 2 aromatic carbocycles. The molecule has 0 aliphatic heterocycles. The van der Waals surface area contributed by atoms with Gasteiger partial charge in [-0.05, 0) is 25.1 Å². The van der Waals surface area contributed by atoms with E-state index >= 15 is 0 Å². The van der Waals surface area contributed by atoms with Crippen molar-refractivity contribution in [2.24, 2.45) is 0 Å². The number of halogens is 1. The molecule has 0 radical (unpaired) electrons. The Balaban J connectivity index is 2.11. The number of fused-ring (bicyclic) bond motifs is 1. The molecule has 3 aromatic rings. The highest BCUT2D eigenvalue weighted by atomic mass is 35.5. The minimum absolute atomic E-state index is 0.417. The fourth-order valence-electron chi connectivity index (χ4n) is 1.99. The minimum atomic E-state index is 0.417. The first-order valence-electron chi connectivity index (χ1n) is 6.10. The van der Waals surface area contributed by atoms with Crippen LogP contribution in [0, 0.1) is 6.92 Å². The monoisotopic (exact) mass is 285 g/mol. The summed E-state index contributed by atoms with van der Waals surface area (Å²) in [7, 11) is 0. The summed E-state index contributed by atoms with van der Waals surface area (Å²) in [5.41, 5.74) is 7.23. The highest BCUT2D eigenvalue weighted by molar-refractivity contribution is 6.30. The molecule has 100 valence electrons. The Bertz CT molecular complexity index is 789. The molecule has 1 heterocycles. The molecule has 0 saturated carbocycles. The van der Waals surface area contributed by atoms with Crippen LogP contribution in [-0.4, -0.2) is 10.2 Å². The Hall–Kier alpha value is -2.33. The van der Waals surface area contributed by atoms with Crippen molar-refractivity contribution in [1.82, 2.24) is 10.2 Å². The van der Waals surface area contributed by atoms with Crippen LogP contribution in [0.15, 0.2) is 42.5 Å². The van der Waals surface area contributed by atoms with Gasteiger partial charge in [0.05, 0.1) is 11.4 Å². The standard InChI is InChI=1S/C15H12ClN3O/c1-9-11-4-2-3-5-12(11)15(19-18-9)20-14-8-10(16)6-7-13(14)17/h2-8H,17H2,1H3. The lowest BCUT2D eigenvalue weighted by Gasteiger charge is -2.10. The molecule has 0 fully saturated rings. The Morgan fingerprint density at radius 1 is 1.05 bits per heavy atom. The van der Waals surface area contributed by atoms with Crippen LogP contribution >= 0.6 is 11.6 Å². The van der Waals surface area contributed by atoms with Gasteiger partial charge in [-0.3, -0.25) is 0 Å². The lowest BCUT2D eigenvalue weighted by molar-refractivity contribution is 0.463. The number of hydrogen-bond acceptors (Lipinski definition) is 4. The summed E-state index contributed by atoms with van der Waals surface area (Å²) in [5.74, 6) is 0.890. The second-order valence-electron chi connectivity index (χ2n) is 4.42. The number of aromatic nitrogens is 2. The van der Waals surface area contributed by atoms with Crippen molar-refractivity contribution in [1.29, 1.82) is 0 Å². The topological polar surface area (TPSA) is 61.0 Å². The first-order chi connectivity index (χ1) is 9.65. The van der Waals surface area contributed by atoms with Crippen LogP contribution in [0.5, 0.6) is 11.6 Å². The van der Waals surface area contributed by atoms with Gasteiger partial charge in [0.15, 0.2) is 5.75 Å². The van der Waals surface area contributed by atoms with Crippen molar-refractivity contribution in [3.8, 4) is 11.6 Å². The molecule has 1 aromatic heterocycles. The molecule has 0 aliphatic rings. The number of rotatable bonds is 2. The van der Waals surface area contributed by atoms with Crippen LogP contribution in [0.25, 0.3) is 10.8 Å². The van der Waals surface area contributed by atoms with Crippen molar-refractivity contribution >= 4 is 28.1 Å². The number of nitrogen functional groups attached to an aromatic ring is 1. The van der Waals surface area contributed by atoms with Crippen LogP contribution in [-0.2, 0) is 0 Å². The zero-order valence-electron chi connectivity index (χ0n) is 10.8. The molecule has 2 N–H and O–H groups in total. The number of ether oxygens (including phenoxy) is 1. The number of anilines is 1. The van der Waals surface area contributed by atoms with E-state index in [9.17, 15) is 0 Å².